The van der Waals surface area contributed by atoms with Gasteiger partial charge in [-0.05, 0) is 12.8 Å². The molecule has 3 rings (SSSR count). The van der Waals surface area contributed by atoms with Gasteiger partial charge in [0, 0.05) is 19.0 Å². The lowest BCUT2D eigenvalue weighted by Crippen LogP contribution is -2.51. The monoisotopic (exact) mass is 278 g/mol. The maximum Gasteiger partial charge on any atom is 0.308 e. The molecule has 1 amide bonds. The van der Waals surface area contributed by atoms with E-state index in [2.05, 4.69) is 20.6 Å². The number of imidazole rings is 1. The highest BCUT2D eigenvalue weighted by Crippen LogP contribution is 2.26. The third kappa shape index (κ3) is 2.40. The molecule has 3 unspecified atom stereocenters. The van der Waals surface area contributed by atoms with Crippen LogP contribution in [0.2, 0.25) is 0 Å². The predicted molar refractivity (Wildman–Crippen MR) is 69.8 cm³/mol. The van der Waals surface area contributed by atoms with Gasteiger partial charge in [-0.3, -0.25) is 14.9 Å². The van der Waals surface area contributed by atoms with E-state index in [-0.39, 0.29) is 18.0 Å². The second kappa shape index (κ2) is 5.24. The first kappa shape index (κ1) is 13.1. The summed E-state index contributed by atoms with van der Waals surface area (Å²) in [5.74, 6) is -1.40. The van der Waals surface area contributed by atoms with Crippen LogP contribution in [0.4, 0.5) is 0 Å². The van der Waals surface area contributed by atoms with Crippen molar-refractivity contribution in [2.75, 3.05) is 0 Å². The molecule has 1 aliphatic carbocycles. The normalized spacial score (nSPS) is 28.9. The molecular weight excluding hydrogens is 260 g/mol. The van der Waals surface area contributed by atoms with Crippen molar-refractivity contribution < 1.29 is 14.7 Å². The molecule has 4 N–H and O–H groups in total. The van der Waals surface area contributed by atoms with Crippen LogP contribution in [0.25, 0.3) is 0 Å². The molecule has 1 aromatic heterocycles. The second-order valence-corrected chi connectivity index (χ2v) is 5.46. The number of aliphatic carboxylic acids is 1. The fraction of sp³-hybridized carbons (Fsp3) is 0.615. The number of hydrogen-bond acceptors (Lipinski definition) is 4. The summed E-state index contributed by atoms with van der Waals surface area (Å²) >= 11 is 0. The molecular formula is C13H18N4O3. The quantitative estimate of drug-likeness (QED) is 0.612. The van der Waals surface area contributed by atoms with Gasteiger partial charge in [0.15, 0.2) is 0 Å². The molecule has 3 atom stereocenters. The summed E-state index contributed by atoms with van der Waals surface area (Å²) in [6.45, 7) is 0.584. The summed E-state index contributed by atoms with van der Waals surface area (Å²) in [4.78, 5) is 30.6. The Labute approximate surface area is 116 Å². The fourth-order valence-electron chi connectivity index (χ4n) is 3.07. The van der Waals surface area contributed by atoms with Gasteiger partial charge in [0.2, 0.25) is 5.91 Å². The summed E-state index contributed by atoms with van der Waals surface area (Å²) < 4.78 is 0. The Morgan fingerprint density at radius 1 is 1.40 bits per heavy atom. The van der Waals surface area contributed by atoms with Crippen LogP contribution >= 0.6 is 0 Å². The molecule has 0 bridgehead atoms. The van der Waals surface area contributed by atoms with Crippen molar-refractivity contribution in [1.82, 2.24) is 20.6 Å². The van der Waals surface area contributed by atoms with E-state index in [1.54, 1.807) is 6.33 Å². The van der Waals surface area contributed by atoms with Crippen LogP contribution in [0.1, 0.15) is 30.7 Å². The largest absolute Gasteiger partial charge is 0.481 e. The zero-order chi connectivity index (χ0) is 14.1. The van der Waals surface area contributed by atoms with Crippen LogP contribution in [-0.2, 0) is 22.6 Å². The van der Waals surface area contributed by atoms with Crippen LogP contribution in [0.3, 0.4) is 0 Å². The lowest BCUT2D eigenvalue weighted by molar-refractivity contribution is -0.142. The molecule has 2 heterocycles. The van der Waals surface area contributed by atoms with Crippen molar-refractivity contribution in [3.05, 3.63) is 17.7 Å². The van der Waals surface area contributed by atoms with Crippen LogP contribution in [0.5, 0.6) is 0 Å². The smallest absolute Gasteiger partial charge is 0.308 e. The highest BCUT2D eigenvalue weighted by molar-refractivity contribution is 5.83. The van der Waals surface area contributed by atoms with E-state index >= 15 is 0 Å². The summed E-state index contributed by atoms with van der Waals surface area (Å²) in [6, 6.07) is -0.580. The average molecular weight is 278 g/mol. The first-order valence-electron chi connectivity index (χ1n) is 6.93. The van der Waals surface area contributed by atoms with E-state index in [1.807, 2.05) is 0 Å². The third-order valence-electron chi connectivity index (χ3n) is 4.21. The van der Waals surface area contributed by atoms with Crippen molar-refractivity contribution in [2.24, 2.45) is 5.92 Å². The number of carbonyl (C=O) groups is 2. The standard InChI is InChI=1S/C13H18N4O3/c18-12(17-8-3-1-2-7(8)13(19)20)10-4-9-11(5-14-10)16-6-15-9/h6-8,10,14H,1-5H2,(H,15,16)(H,17,18)(H,19,20). The van der Waals surface area contributed by atoms with Crippen molar-refractivity contribution in [3.8, 4) is 0 Å². The molecule has 1 aliphatic heterocycles. The molecule has 0 aromatic carbocycles. The van der Waals surface area contributed by atoms with E-state index in [9.17, 15) is 9.59 Å². The highest BCUT2D eigenvalue weighted by atomic mass is 16.4. The molecule has 7 heteroatoms. The lowest BCUT2D eigenvalue weighted by Gasteiger charge is -2.25. The Hall–Kier alpha value is -1.89. The molecule has 0 spiro atoms. The maximum atomic E-state index is 12.2. The Kier molecular flexibility index (Phi) is 3.43. The number of carbonyl (C=O) groups excluding carboxylic acids is 1. The Bertz CT molecular complexity index is 527. The van der Waals surface area contributed by atoms with Crippen LogP contribution in [0.15, 0.2) is 6.33 Å². The molecule has 0 saturated heterocycles. The zero-order valence-corrected chi connectivity index (χ0v) is 11.1. The number of hydrogen-bond donors (Lipinski definition) is 4. The maximum absolute atomic E-state index is 12.2. The Morgan fingerprint density at radius 3 is 3.05 bits per heavy atom. The van der Waals surface area contributed by atoms with Crippen LogP contribution in [-0.4, -0.2) is 39.0 Å². The first-order valence-corrected chi connectivity index (χ1v) is 6.93. The lowest BCUT2D eigenvalue weighted by atomic mass is 10.0. The predicted octanol–water partition coefficient (Wildman–Crippen LogP) is -0.206. The minimum absolute atomic E-state index is 0.128. The van der Waals surface area contributed by atoms with Gasteiger partial charge in [0.1, 0.15) is 0 Å². The number of carboxylic acid groups (broad SMARTS) is 1. The van der Waals surface area contributed by atoms with E-state index in [4.69, 9.17) is 5.11 Å². The minimum Gasteiger partial charge on any atom is -0.481 e. The molecule has 1 aromatic rings. The number of aromatic amines is 1. The van der Waals surface area contributed by atoms with E-state index in [1.165, 1.54) is 0 Å². The van der Waals surface area contributed by atoms with Crippen LogP contribution < -0.4 is 10.6 Å². The fourth-order valence-corrected chi connectivity index (χ4v) is 3.07. The SMILES string of the molecule is O=C(NC1CCCC1C(=O)O)C1Cc2nc[nH]c2CN1. The van der Waals surface area contributed by atoms with Gasteiger partial charge in [-0.15, -0.1) is 0 Å². The number of nitrogens with zero attached hydrogens (tertiary/aromatic N) is 1. The summed E-state index contributed by atoms with van der Waals surface area (Å²) in [6.07, 6.45) is 4.40. The number of H-pyrrole nitrogens is 1. The number of amides is 1. The Balaban J connectivity index is 1.61. The van der Waals surface area contributed by atoms with Crippen molar-refractivity contribution >= 4 is 11.9 Å². The van der Waals surface area contributed by atoms with Crippen molar-refractivity contribution in [1.29, 1.82) is 0 Å². The summed E-state index contributed by atoms with van der Waals surface area (Å²) in [5.41, 5.74) is 1.92. The molecule has 0 radical (unpaired) electrons. The van der Waals surface area contributed by atoms with Gasteiger partial charge in [-0.1, -0.05) is 6.42 Å². The van der Waals surface area contributed by atoms with Gasteiger partial charge >= 0.3 is 5.97 Å². The highest BCUT2D eigenvalue weighted by Gasteiger charge is 2.35. The van der Waals surface area contributed by atoms with Crippen molar-refractivity contribution in [2.45, 2.75) is 44.3 Å². The Morgan fingerprint density at radius 2 is 2.25 bits per heavy atom. The minimum atomic E-state index is -0.820. The number of aromatic nitrogens is 2. The molecule has 2 aliphatic rings. The number of carboxylic acids is 1. The van der Waals surface area contributed by atoms with Gasteiger partial charge < -0.3 is 15.4 Å². The van der Waals surface area contributed by atoms with Gasteiger partial charge in [0.25, 0.3) is 0 Å². The first-order chi connectivity index (χ1) is 9.65. The van der Waals surface area contributed by atoms with Gasteiger partial charge in [-0.2, -0.15) is 0 Å². The van der Waals surface area contributed by atoms with E-state index < -0.39 is 11.9 Å². The van der Waals surface area contributed by atoms with Gasteiger partial charge in [-0.25, -0.2) is 4.98 Å². The average Bonchev–Trinajstić information content (AvgIpc) is 3.05. The van der Waals surface area contributed by atoms with Gasteiger partial charge in [0.05, 0.1) is 29.7 Å². The second-order valence-electron chi connectivity index (χ2n) is 5.46. The third-order valence-corrected chi connectivity index (χ3v) is 4.21. The molecule has 108 valence electrons. The molecule has 1 saturated carbocycles. The van der Waals surface area contributed by atoms with Crippen molar-refractivity contribution in [3.63, 3.8) is 0 Å². The summed E-state index contributed by atoms with van der Waals surface area (Å²) in [5, 5.41) is 15.2. The number of fused-ring (bicyclic) bond motifs is 1. The molecule has 7 nitrogen and oxygen atoms in total. The van der Waals surface area contributed by atoms with E-state index in [0.717, 1.165) is 24.2 Å². The summed E-state index contributed by atoms with van der Waals surface area (Å²) in [7, 11) is 0. The topological polar surface area (TPSA) is 107 Å². The zero-order valence-electron chi connectivity index (χ0n) is 11.1. The molecule has 1 fully saturated rings. The van der Waals surface area contributed by atoms with E-state index in [0.29, 0.717) is 19.4 Å². The molecule has 20 heavy (non-hydrogen) atoms. The number of rotatable bonds is 3. The number of nitrogens with one attached hydrogen (secondary N) is 3. The van der Waals surface area contributed by atoms with Crippen LogP contribution in [0, 0.1) is 5.92 Å².